The van der Waals surface area contributed by atoms with Crippen LogP contribution in [0.2, 0.25) is 0 Å². The monoisotopic (exact) mass is 1080 g/mol. The summed E-state index contributed by atoms with van der Waals surface area (Å²) in [6.45, 7) is 0. The summed E-state index contributed by atoms with van der Waals surface area (Å²) in [7, 11) is 0. The summed E-state index contributed by atoms with van der Waals surface area (Å²) in [5.41, 5.74) is 4.33. The van der Waals surface area contributed by atoms with Crippen LogP contribution in [0.3, 0.4) is 0 Å². The Hall–Kier alpha value is -10.9. The van der Waals surface area contributed by atoms with E-state index in [1.54, 1.807) is 0 Å². The molecule has 0 aliphatic rings. The molecule has 0 aliphatic heterocycles. The molecule has 0 bridgehead atoms. The molecule has 0 fully saturated rings. The molecule has 0 saturated carbocycles. The summed E-state index contributed by atoms with van der Waals surface area (Å²) in [4.78, 5) is 0. The van der Waals surface area contributed by atoms with E-state index in [4.69, 9.17) is 25.0 Å². The molecule has 83 heavy (non-hydrogen) atoms. The van der Waals surface area contributed by atoms with Crippen molar-refractivity contribution in [2.24, 2.45) is 0 Å². The van der Waals surface area contributed by atoms with Crippen LogP contribution in [-0.2, 0) is 0 Å². The highest BCUT2D eigenvalue weighted by Crippen LogP contribution is 2.47. The van der Waals surface area contributed by atoms with Gasteiger partial charge in [-0.05, 0) is 189 Å². The molecule has 0 spiro atoms. The molecule has 0 amide bonds. The van der Waals surface area contributed by atoms with Crippen LogP contribution >= 0.6 is 0 Å². The fourth-order valence-corrected chi connectivity index (χ4v) is 11.8. The van der Waals surface area contributed by atoms with E-state index >= 15 is 0 Å². The van der Waals surface area contributed by atoms with Crippen molar-refractivity contribution in [1.29, 1.82) is 0 Å². The molecule has 18 aromatic rings. The first-order valence-electron chi connectivity index (χ1n) is 39.6. The molecular weight excluding hydrogens is 1000 g/mol. The van der Waals surface area contributed by atoms with Crippen molar-refractivity contribution in [2.45, 2.75) is 0 Å². The minimum absolute atomic E-state index is 0.312. The van der Waals surface area contributed by atoms with Crippen LogP contribution < -0.4 is 0 Å². The van der Waals surface area contributed by atoms with E-state index in [0.717, 1.165) is 21.9 Å². The molecule has 0 saturated heterocycles. The fourth-order valence-electron chi connectivity index (χ4n) is 11.8. The van der Waals surface area contributed by atoms with Crippen LogP contribution in [-0.4, -0.2) is 0 Å². The van der Waals surface area contributed by atoms with Gasteiger partial charge in [0.15, 0.2) is 0 Å². The zero-order valence-corrected chi connectivity index (χ0v) is 43.3. The minimum atomic E-state index is -1.06. The Labute approximate surface area is 516 Å². The summed E-state index contributed by atoms with van der Waals surface area (Å²) in [5, 5.41) is 2.10. The van der Waals surface area contributed by atoms with Gasteiger partial charge < -0.3 is 4.42 Å². The first kappa shape index (κ1) is 28.0. The highest BCUT2D eigenvalue weighted by Gasteiger charge is 2.20. The van der Waals surface area contributed by atoms with Crippen molar-refractivity contribution in [3.8, 4) is 66.8 Å². The average Bonchev–Trinajstić information content (AvgIpc) is 1.05. The Morgan fingerprint density at radius 2 is 0.639 bits per heavy atom. The lowest BCUT2D eigenvalue weighted by atomic mass is 9.85. The SMILES string of the molecule is [2H]c1c([2H])c([2H])c(-c2c([2H])c(-c3c([2H])c([2H])c4c([2H])c([2H])c5c([2H])c([2H])c([2H])c6c([2H])c([2H])c3c4c56)c([2H])c(-c3c([2H])c([2H])c4c([2H])c([2H])c5c([2H])c([2H])c([2H])c6c([2H])c([2H])c3c4c56)c2[2H])c([2H])c1[2H].c1ccc(-c2ccc(-c3c4ccccc4c(-c4ccc5oc6ccccc6c5c4)c4ccccc34)cc2)cc1. The van der Waals surface area contributed by atoms with Gasteiger partial charge in [-0.25, -0.2) is 0 Å². The summed E-state index contributed by atoms with van der Waals surface area (Å²) in [5.74, 6) is 0. The molecule has 1 nitrogen and oxygen atoms in total. The van der Waals surface area contributed by atoms with Crippen LogP contribution in [0.5, 0.6) is 0 Å². The highest BCUT2D eigenvalue weighted by molar-refractivity contribution is 6.28. The number of fused-ring (bicyclic) bond motifs is 5. The van der Waals surface area contributed by atoms with E-state index in [9.17, 15) is 15.1 Å². The second kappa shape index (κ2) is 18.9. The molecule has 384 valence electrons. The van der Waals surface area contributed by atoms with Gasteiger partial charge in [0.05, 0.1) is 35.6 Å². The van der Waals surface area contributed by atoms with Gasteiger partial charge in [0.25, 0.3) is 0 Å². The smallest absolute Gasteiger partial charge is 0.135 e. The number of furan rings is 1. The molecule has 0 N–H and O–H groups in total. The van der Waals surface area contributed by atoms with Crippen molar-refractivity contribution in [3.63, 3.8) is 0 Å². The van der Waals surface area contributed by atoms with Gasteiger partial charge >= 0.3 is 0 Å². The van der Waals surface area contributed by atoms with Gasteiger partial charge in [-0.2, -0.15) is 0 Å². The Morgan fingerprint density at radius 1 is 0.229 bits per heavy atom. The zero-order valence-electron chi connectivity index (χ0n) is 69.3. The van der Waals surface area contributed by atoms with Crippen molar-refractivity contribution >= 4 is 108 Å². The molecule has 0 aliphatic carbocycles. The van der Waals surface area contributed by atoms with Crippen LogP contribution in [0.15, 0.2) is 307 Å². The highest BCUT2D eigenvalue weighted by atomic mass is 16.3. The first-order chi connectivity index (χ1) is 52.0. The topological polar surface area (TPSA) is 13.1 Å². The Balaban J connectivity index is 0.000000186. The maximum Gasteiger partial charge on any atom is 0.135 e. The maximum atomic E-state index is 10.0. The molecule has 1 heterocycles. The third kappa shape index (κ3) is 7.63. The first-order valence-corrected chi connectivity index (χ1v) is 26.6. The van der Waals surface area contributed by atoms with Crippen molar-refractivity contribution in [3.05, 3.63) is 303 Å². The third-order valence-electron chi connectivity index (χ3n) is 15.5. The van der Waals surface area contributed by atoms with Crippen LogP contribution in [0.1, 0.15) is 35.6 Å². The van der Waals surface area contributed by atoms with E-state index in [1.165, 1.54) is 54.9 Å². The molecule has 0 atom stereocenters. The van der Waals surface area contributed by atoms with Gasteiger partial charge in [0, 0.05) is 10.8 Å². The number of rotatable bonds is 6. The van der Waals surface area contributed by atoms with E-state index in [1.807, 2.05) is 12.1 Å². The number of para-hydroxylation sites is 1. The lowest BCUT2D eigenvalue weighted by Gasteiger charge is -2.18. The molecule has 0 unspecified atom stereocenters. The Bertz CT molecular complexity index is 6790. The number of hydrogen-bond acceptors (Lipinski definition) is 1. The Morgan fingerprint density at radius 3 is 1.19 bits per heavy atom. The number of benzene rings is 17. The van der Waals surface area contributed by atoms with Gasteiger partial charge in [-0.1, -0.05) is 266 Å². The lowest BCUT2D eigenvalue weighted by molar-refractivity contribution is 0.669. The predicted molar refractivity (Wildman–Crippen MR) is 355 cm³/mol. The molecule has 0 radical (unpaired) electrons. The fraction of sp³-hybridized carbons (Fsp3) is 0. The van der Waals surface area contributed by atoms with Crippen molar-refractivity contribution in [1.82, 2.24) is 0 Å². The van der Waals surface area contributed by atoms with Gasteiger partial charge in [0.1, 0.15) is 11.2 Å². The molecule has 17 aromatic carbocycles. The molecule has 1 aromatic heterocycles. The predicted octanol–water partition coefficient (Wildman–Crippen LogP) is 23.4. The minimum Gasteiger partial charge on any atom is -0.456 e. The van der Waals surface area contributed by atoms with Crippen molar-refractivity contribution in [2.75, 3.05) is 0 Å². The zero-order chi connectivity index (χ0) is 77.2. The van der Waals surface area contributed by atoms with Crippen LogP contribution in [0, 0.1) is 0 Å². The Kier molecular flexibility index (Phi) is 6.38. The second-order valence-corrected chi connectivity index (χ2v) is 20.1. The molecule has 1 heteroatoms. The lowest BCUT2D eigenvalue weighted by Crippen LogP contribution is -1.91. The normalized spacial score (nSPS) is 16.2. The van der Waals surface area contributed by atoms with Crippen LogP contribution in [0.4, 0.5) is 0 Å². The van der Waals surface area contributed by atoms with E-state index < -0.39 is 234 Å². The van der Waals surface area contributed by atoms with Gasteiger partial charge in [-0.15, -0.1) is 0 Å². The largest absolute Gasteiger partial charge is 0.456 e. The molecular formula is C82H50O. The van der Waals surface area contributed by atoms with Crippen molar-refractivity contribution < 1.29 is 40.1 Å². The molecule has 18 rings (SSSR count). The summed E-state index contributed by atoms with van der Waals surface area (Å²) in [6.07, 6.45) is 0. The average molecular weight is 1080 g/mol. The van der Waals surface area contributed by atoms with Crippen LogP contribution in [0.25, 0.3) is 175 Å². The van der Waals surface area contributed by atoms with E-state index in [2.05, 4.69) is 133 Å². The maximum absolute atomic E-state index is 10.0. The van der Waals surface area contributed by atoms with E-state index in [-0.39, 0.29) is 21.5 Å². The number of hydrogen-bond donors (Lipinski definition) is 0. The summed E-state index contributed by atoms with van der Waals surface area (Å²) in [6, 6.07) is 29.7. The quantitative estimate of drug-likeness (QED) is 0.119. The summed E-state index contributed by atoms with van der Waals surface area (Å²) >= 11 is 0. The van der Waals surface area contributed by atoms with E-state index in [0.29, 0.717) is 0 Å². The third-order valence-corrected chi connectivity index (χ3v) is 15.5. The second-order valence-electron chi connectivity index (χ2n) is 20.1. The summed E-state index contributed by atoms with van der Waals surface area (Å²) < 4.78 is 242. The van der Waals surface area contributed by atoms with Gasteiger partial charge in [-0.3, -0.25) is 0 Å². The standard InChI is InChI=1S/C44H26.C38H24O/c1-2-6-27(7-3-1)34-24-35(37-20-16-32-14-12-28-8-4-10-30-18-22-39(37)43(32)41(28)30)26-36(25-34)38-21-17-33-15-13-29-9-5-11-31-19-23-40(38)44(33)42(29)31;1-2-10-25(11-3-1)26-18-20-27(21-19-26)37-30-13-4-6-15-32(30)38(33-16-7-5-14-31(33)37)28-22-23-36-34(24-28)29-12-8-9-17-35(29)39-36/h1-26H;1-24H/i1D,2D,3D,4D,5D,6D,7D,8D,9D,10D,11D,12D,13D,14D,15D,16D,17D,18D,19D,20D,21D,22D,23D,24D,25D,26D;. The van der Waals surface area contributed by atoms with Gasteiger partial charge in [0.2, 0.25) is 0 Å².